The second kappa shape index (κ2) is 7.76. The van der Waals surface area contributed by atoms with Crippen LogP contribution in [0.1, 0.15) is 16.7 Å². The Bertz CT molecular complexity index is 940. The van der Waals surface area contributed by atoms with Gasteiger partial charge in [0.1, 0.15) is 5.69 Å². The fraction of sp³-hybridized carbons (Fsp3) is 0.273. The van der Waals surface area contributed by atoms with Gasteiger partial charge in [-0.3, -0.25) is 5.01 Å². The first kappa shape index (κ1) is 17.5. The summed E-state index contributed by atoms with van der Waals surface area (Å²) >= 11 is 0. The first-order valence-electron chi connectivity index (χ1n) is 9.30. The number of hydrogen-bond acceptors (Lipinski definition) is 4. The van der Waals surface area contributed by atoms with Gasteiger partial charge in [0.2, 0.25) is 0 Å². The van der Waals surface area contributed by atoms with E-state index in [0.717, 1.165) is 48.8 Å². The maximum atomic E-state index is 5.40. The van der Waals surface area contributed by atoms with Crippen molar-refractivity contribution in [1.29, 1.82) is 0 Å². The highest BCUT2D eigenvalue weighted by Gasteiger charge is 2.14. The quantitative estimate of drug-likeness (QED) is 0.664. The van der Waals surface area contributed by atoms with Crippen LogP contribution in [0.5, 0.6) is 0 Å². The van der Waals surface area contributed by atoms with Crippen LogP contribution in [0.3, 0.4) is 0 Å². The fourth-order valence-electron chi connectivity index (χ4n) is 3.30. The molecule has 1 fully saturated rings. The number of aromatic nitrogens is 2. The average Bonchev–Trinajstić information content (AvgIpc) is 3.12. The van der Waals surface area contributed by atoms with E-state index < -0.39 is 0 Å². The summed E-state index contributed by atoms with van der Waals surface area (Å²) in [6.45, 7) is 7.34. The standard InChI is InChI=1S/C22H24N4O/c1-17-8-9-21(18(2)14-17)22-19(15-23-25-10-12-27-13-11-25)16-26(24-22)20-6-4-3-5-7-20/h3-9,14-16H,10-13H2,1-2H3/b23-15-. The minimum Gasteiger partial charge on any atom is -0.378 e. The molecule has 0 aliphatic carbocycles. The third-order valence-electron chi connectivity index (χ3n) is 4.75. The average molecular weight is 360 g/mol. The van der Waals surface area contributed by atoms with Crippen LogP contribution in [0, 0.1) is 13.8 Å². The summed E-state index contributed by atoms with van der Waals surface area (Å²) in [6.07, 6.45) is 3.97. The fourth-order valence-corrected chi connectivity index (χ4v) is 3.30. The van der Waals surface area contributed by atoms with Crippen LogP contribution < -0.4 is 0 Å². The molecule has 0 radical (unpaired) electrons. The Kier molecular flexibility index (Phi) is 5.03. The van der Waals surface area contributed by atoms with Gasteiger partial charge in [0.05, 0.1) is 38.2 Å². The first-order valence-corrected chi connectivity index (χ1v) is 9.30. The molecule has 0 spiro atoms. The number of hydrazone groups is 1. The van der Waals surface area contributed by atoms with Gasteiger partial charge in [-0.05, 0) is 31.5 Å². The molecule has 0 saturated carbocycles. The number of aryl methyl sites for hydroxylation is 2. The molecule has 0 amide bonds. The summed E-state index contributed by atoms with van der Waals surface area (Å²) < 4.78 is 7.33. The van der Waals surface area contributed by atoms with Gasteiger partial charge in [-0.25, -0.2) is 4.68 Å². The molecule has 3 aromatic rings. The lowest BCUT2D eigenvalue weighted by molar-refractivity contribution is 0.0397. The van der Waals surface area contributed by atoms with Crippen molar-refractivity contribution in [3.63, 3.8) is 0 Å². The number of morpholine rings is 1. The number of nitrogens with zero attached hydrogens (tertiary/aromatic N) is 4. The van der Waals surface area contributed by atoms with Gasteiger partial charge >= 0.3 is 0 Å². The lowest BCUT2D eigenvalue weighted by Gasteiger charge is -2.23. The molecule has 27 heavy (non-hydrogen) atoms. The van der Waals surface area contributed by atoms with Gasteiger partial charge in [0, 0.05) is 17.3 Å². The molecular formula is C22H24N4O. The van der Waals surface area contributed by atoms with Crippen molar-refractivity contribution in [3.8, 4) is 16.9 Å². The SMILES string of the molecule is Cc1ccc(-c2nn(-c3ccccc3)cc2/C=N\N2CCOCC2)c(C)c1. The van der Waals surface area contributed by atoms with Gasteiger partial charge < -0.3 is 4.74 Å². The van der Waals surface area contributed by atoms with Crippen LogP contribution in [0.2, 0.25) is 0 Å². The predicted molar refractivity (Wildman–Crippen MR) is 108 cm³/mol. The summed E-state index contributed by atoms with van der Waals surface area (Å²) in [4.78, 5) is 0. The normalized spacial score (nSPS) is 14.8. The predicted octanol–water partition coefficient (Wildman–Crippen LogP) is 3.82. The van der Waals surface area contributed by atoms with Crippen molar-refractivity contribution in [1.82, 2.24) is 14.8 Å². The first-order chi connectivity index (χ1) is 13.2. The summed E-state index contributed by atoms with van der Waals surface area (Å²) in [5.74, 6) is 0. The highest BCUT2D eigenvalue weighted by atomic mass is 16.5. The van der Waals surface area contributed by atoms with E-state index in [1.165, 1.54) is 11.1 Å². The molecule has 2 heterocycles. The van der Waals surface area contributed by atoms with E-state index in [1.54, 1.807) is 0 Å². The number of rotatable bonds is 4. The van der Waals surface area contributed by atoms with Crippen molar-refractivity contribution >= 4 is 6.21 Å². The Morgan fingerprint density at radius 3 is 2.56 bits per heavy atom. The Morgan fingerprint density at radius 1 is 1.04 bits per heavy atom. The maximum Gasteiger partial charge on any atom is 0.102 e. The zero-order valence-electron chi connectivity index (χ0n) is 15.8. The lowest BCUT2D eigenvalue weighted by atomic mass is 10.0. The molecule has 5 heteroatoms. The van der Waals surface area contributed by atoms with E-state index in [2.05, 4.69) is 54.3 Å². The van der Waals surface area contributed by atoms with Gasteiger partial charge in [0.15, 0.2) is 0 Å². The zero-order chi connectivity index (χ0) is 18.6. The number of ether oxygens (including phenoxy) is 1. The molecule has 138 valence electrons. The Morgan fingerprint density at radius 2 is 1.81 bits per heavy atom. The maximum absolute atomic E-state index is 5.40. The molecular weight excluding hydrogens is 336 g/mol. The Hall–Kier alpha value is -2.92. The van der Waals surface area contributed by atoms with Gasteiger partial charge in [-0.1, -0.05) is 42.0 Å². The second-order valence-electron chi connectivity index (χ2n) is 6.84. The molecule has 5 nitrogen and oxygen atoms in total. The third-order valence-corrected chi connectivity index (χ3v) is 4.75. The summed E-state index contributed by atoms with van der Waals surface area (Å²) in [5, 5.41) is 11.6. The Labute approximate surface area is 159 Å². The highest BCUT2D eigenvalue weighted by molar-refractivity contribution is 5.89. The molecule has 0 unspecified atom stereocenters. The van der Waals surface area contributed by atoms with Crippen molar-refractivity contribution < 1.29 is 4.74 Å². The molecule has 0 atom stereocenters. The number of benzene rings is 2. The summed E-state index contributed by atoms with van der Waals surface area (Å²) in [6, 6.07) is 16.6. The minimum atomic E-state index is 0.727. The molecule has 4 rings (SSSR count). The van der Waals surface area contributed by atoms with Crippen LogP contribution >= 0.6 is 0 Å². The van der Waals surface area contributed by atoms with Crippen LogP contribution in [0.4, 0.5) is 0 Å². The monoisotopic (exact) mass is 360 g/mol. The Balaban J connectivity index is 1.75. The van der Waals surface area contributed by atoms with Crippen molar-refractivity contribution in [2.75, 3.05) is 26.3 Å². The molecule has 2 aromatic carbocycles. The molecule has 1 saturated heterocycles. The molecule has 1 aliphatic heterocycles. The molecule has 0 N–H and O–H groups in total. The largest absolute Gasteiger partial charge is 0.378 e. The van der Waals surface area contributed by atoms with Crippen molar-refractivity contribution in [2.45, 2.75) is 13.8 Å². The smallest absolute Gasteiger partial charge is 0.102 e. The number of para-hydroxylation sites is 1. The lowest BCUT2D eigenvalue weighted by Crippen LogP contribution is -2.32. The summed E-state index contributed by atoms with van der Waals surface area (Å²) in [7, 11) is 0. The van der Waals surface area contributed by atoms with E-state index in [9.17, 15) is 0 Å². The van der Waals surface area contributed by atoms with Crippen molar-refractivity contribution in [2.24, 2.45) is 5.10 Å². The van der Waals surface area contributed by atoms with Crippen LogP contribution in [0.15, 0.2) is 59.8 Å². The van der Waals surface area contributed by atoms with Gasteiger partial charge in [-0.2, -0.15) is 10.2 Å². The van der Waals surface area contributed by atoms with Crippen LogP contribution in [-0.2, 0) is 4.74 Å². The number of hydrogen-bond donors (Lipinski definition) is 0. The minimum absolute atomic E-state index is 0.727. The van der Waals surface area contributed by atoms with Gasteiger partial charge in [-0.15, -0.1) is 0 Å². The molecule has 0 bridgehead atoms. The topological polar surface area (TPSA) is 42.7 Å². The van der Waals surface area contributed by atoms with Crippen LogP contribution in [0.25, 0.3) is 16.9 Å². The van der Waals surface area contributed by atoms with E-state index >= 15 is 0 Å². The van der Waals surface area contributed by atoms with E-state index in [-0.39, 0.29) is 0 Å². The van der Waals surface area contributed by atoms with Crippen LogP contribution in [-0.4, -0.2) is 47.3 Å². The van der Waals surface area contributed by atoms with Crippen molar-refractivity contribution in [3.05, 3.63) is 71.4 Å². The van der Waals surface area contributed by atoms with E-state index in [4.69, 9.17) is 9.84 Å². The molecule has 1 aromatic heterocycles. The van der Waals surface area contributed by atoms with E-state index in [1.807, 2.05) is 35.3 Å². The highest BCUT2D eigenvalue weighted by Crippen LogP contribution is 2.26. The van der Waals surface area contributed by atoms with E-state index in [0.29, 0.717) is 0 Å². The van der Waals surface area contributed by atoms with Gasteiger partial charge in [0.25, 0.3) is 0 Å². The summed E-state index contributed by atoms with van der Waals surface area (Å²) in [5.41, 5.74) is 6.61. The molecule has 1 aliphatic rings. The zero-order valence-corrected chi connectivity index (χ0v) is 15.8. The third kappa shape index (κ3) is 3.93. The second-order valence-corrected chi connectivity index (χ2v) is 6.84.